The molecule has 27 heavy (non-hydrogen) atoms. The van der Waals surface area contributed by atoms with Crippen LogP contribution in [0.3, 0.4) is 0 Å². The Morgan fingerprint density at radius 1 is 1.00 bits per heavy atom. The third kappa shape index (κ3) is 2.65. The number of hydrogen-bond acceptors (Lipinski definition) is 3. The molecule has 5 rings (SSSR count). The van der Waals surface area contributed by atoms with Gasteiger partial charge in [0.2, 0.25) is 0 Å². The summed E-state index contributed by atoms with van der Waals surface area (Å²) in [6.45, 7) is 2.08. The number of nitrogens with one attached hydrogen (secondary N) is 1. The van der Waals surface area contributed by atoms with Gasteiger partial charge in [-0.05, 0) is 54.4 Å². The van der Waals surface area contributed by atoms with Gasteiger partial charge in [-0.25, -0.2) is 0 Å². The maximum atomic E-state index is 13.3. The highest BCUT2D eigenvalue weighted by Gasteiger charge is 2.34. The van der Waals surface area contributed by atoms with Crippen molar-refractivity contribution in [2.24, 2.45) is 0 Å². The molecular formula is C23H20N2O2. The monoisotopic (exact) mass is 356 g/mol. The number of para-hydroxylation sites is 2. The fourth-order valence-electron chi connectivity index (χ4n) is 3.95. The molecule has 1 N–H and O–H groups in total. The van der Waals surface area contributed by atoms with E-state index in [2.05, 4.69) is 18.3 Å². The average Bonchev–Trinajstić information content (AvgIpc) is 3.07. The second-order valence-corrected chi connectivity index (χ2v) is 7.10. The second kappa shape index (κ2) is 6.16. The van der Waals surface area contributed by atoms with Crippen LogP contribution in [0.2, 0.25) is 0 Å². The zero-order chi connectivity index (χ0) is 18.4. The molecule has 0 aromatic heterocycles. The summed E-state index contributed by atoms with van der Waals surface area (Å²) in [5.41, 5.74) is 4.68. The van der Waals surface area contributed by atoms with Gasteiger partial charge < -0.3 is 10.1 Å². The van der Waals surface area contributed by atoms with Crippen LogP contribution in [0.5, 0.6) is 5.75 Å². The Kier molecular flexibility index (Phi) is 3.64. The Labute approximate surface area is 158 Å². The molecule has 0 aliphatic carbocycles. The highest BCUT2D eigenvalue weighted by Crippen LogP contribution is 2.38. The molecule has 2 heterocycles. The van der Waals surface area contributed by atoms with E-state index in [1.807, 2.05) is 71.6 Å². The molecule has 2 atom stereocenters. The summed E-state index contributed by atoms with van der Waals surface area (Å²) in [6.07, 6.45) is 0.823. The van der Waals surface area contributed by atoms with E-state index in [9.17, 15) is 4.79 Å². The first-order valence-electron chi connectivity index (χ1n) is 9.24. The first-order valence-corrected chi connectivity index (χ1v) is 9.24. The van der Waals surface area contributed by atoms with Crippen molar-refractivity contribution in [2.75, 3.05) is 10.2 Å². The van der Waals surface area contributed by atoms with Gasteiger partial charge in [0.05, 0.1) is 5.56 Å². The maximum Gasteiger partial charge on any atom is 0.262 e. The van der Waals surface area contributed by atoms with Crippen molar-refractivity contribution in [1.29, 1.82) is 0 Å². The molecule has 0 radical (unpaired) electrons. The number of rotatable bonds is 2. The third-order valence-electron chi connectivity index (χ3n) is 5.20. The normalized spacial score (nSPS) is 20.5. The number of amides is 1. The van der Waals surface area contributed by atoms with Crippen molar-refractivity contribution < 1.29 is 9.53 Å². The van der Waals surface area contributed by atoms with Gasteiger partial charge in [-0.15, -0.1) is 0 Å². The van der Waals surface area contributed by atoms with E-state index >= 15 is 0 Å². The lowest BCUT2D eigenvalue weighted by Crippen LogP contribution is -2.43. The lowest BCUT2D eigenvalue weighted by Gasteiger charge is -2.38. The molecule has 2 aliphatic rings. The van der Waals surface area contributed by atoms with Gasteiger partial charge in [-0.1, -0.05) is 36.4 Å². The third-order valence-corrected chi connectivity index (χ3v) is 5.20. The van der Waals surface area contributed by atoms with Crippen molar-refractivity contribution in [3.63, 3.8) is 0 Å². The minimum atomic E-state index is -0.268. The summed E-state index contributed by atoms with van der Waals surface area (Å²) in [7, 11) is 0. The molecular weight excluding hydrogens is 336 g/mol. The maximum absolute atomic E-state index is 13.3. The minimum Gasteiger partial charge on any atom is -0.490 e. The second-order valence-electron chi connectivity index (χ2n) is 7.10. The Morgan fingerprint density at radius 2 is 1.78 bits per heavy atom. The number of hydrogen-bond donors (Lipinski definition) is 1. The van der Waals surface area contributed by atoms with Crippen molar-refractivity contribution in [3.8, 4) is 5.75 Å². The van der Waals surface area contributed by atoms with Crippen LogP contribution in [0.25, 0.3) is 0 Å². The summed E-state index contributed by atoms with van der Waals surface area (Å²) in [4.78, 5) is 15.2. The molecule has 2 aliphatic heterocycles. The Hall–Kier alpha value is -3.27. The van der Waals surface area contributed by atoms with E-state index in [-0.39, 0.29) is 18.2 Å². The number of anilines is 2. The van der Waals surface area contributed by atoms with E-state index in [0.717, 1.165) is 29.1 Å². The number of nitrogens with zero attached hydrogens (tertiary/aromatic N) is 1. The van der Waals surface area contributed by atoms with Crippen molar-refractivity contribution >= 4 is 17.3 Å². The molecule has 0 bridgehead atoms. The van der Waals surface area contributed by atoms with Crippen LogP contribution in [0.1, 0.15) is 34.6 Å². The average molecular weight is 356 g/mol. The molecule has 0 spiro atoms. The topological polar surface area (TPSA) is 41.6 Å². The fourth-order valence-corrected chi connectivity index (χ4v) is 3.95. The molecule has 1 amide bonds. The summed E-state index contributed by atoms with van der Waals surface area (Å²) in [5.74, 6) is 0.950. The van der Waals surface area contributed by atoms with Gasteiger partial charge in [0.15, 0.2) is 0 Å². The standard InChI is InChI=1S/C23H20N2O2/c1-15-13-17-14-16(11-12-21(17)27-15)22-24-20-10-6-5-9-19(20)23(26)25(22)18-7-3-2-4-8-18/h2-12,14-15,22,24H,13H2,1H3/t15-,22+/m1/s1. The van der Waals surface area contributed by atoms with Crippen LogP contribution in [0.15, 0.2) is 72.8 Å². The van der Waals surface area contributed by atoms with Crippen molar-refractivity contribution in [1.82, 2.24) is 0 Å². The van der Waals surface area contributed by atoms with Crippen LogP contribution >= 0.6 is 0 Å². The number of ether oxygens (including phenoxy) is 1. The van der Waals surface area contributed by atoms with Crippen LogP contribution in [-0.2, 0) is 6.42 Å². The summed E-state index contributed by atoms with van der Waals surface area (Å²) >= 11 is 0. The molecule has 0 saturated heterocycles. The van der Waals surface area contributed by atoms with Gasteiger partial charge in [-0.2, -0.15) is 0 Å². The first kappa shape index (κ1) is 15.9. The molecule has 4 heteroatoms. The zero-order valence-electron chi connectivity index (χ0n) is 15.1. The molecule has 0 saturated carbocycles. The molecule has 3 aromatic rings. The van der Waals surface area contributed by atoms with E-state index in [0.29, 0.717) is 5.56 Å². The predicted molar refractivity (Wildman–Crippen MR) is 106 cm³/mol. The van der Waals surface area contributed by atoms with Crippen molar-refractivity contribution in [3.05, 3.63) is 89.5 Å². The Bertz CT molecular complexity index is 1020. The minimum absolute atomic E-state index is 0.00525. The Morgan fingerprint density at radius 3 is 2.63 bits per heavy atom. The number of carbonyl (C=O) groups is 1. The molecule has 134 valence electrons. The van der Waals surface area contributed by atoms with E-state index < -0.39 is 0 Å². The number of benzene rings is 3. The molecule has 4 nitrogen and oxygen atoms in total. The van der Waals surface area contributed by atoms with E-state index in [1.54, 1.807) is 0 Å². The largest absolute Gasteiger partial charge is 0.490 e. The molecule has 0 unspecified atom stereocenters. The van der Waals surface area contributed by atoms with Crippen LogP contribution in [0.4, 0.5) is 11.4 Å². The number of carbonyl (C=O) groups excluding carboxylic acids is 1. The predicted octanol–water partition coefficient (Wildman–Crippen LogP) is 4.78. The van der Waals surface area contributed by atoms with Crippen molar-refractivity contribution in [2.45, 2.75) is 25.6 Å². The quantitative estimate of drug-likeness (QED) is 0.718. The number of fused-ring (bicyclic) bond motifs is 2. The highest BCUT2D eigenvalue weighted by molar-refractivity contribution is 6.12. The van der Waals surface area contributed by atoms with Gasteiger partial charge in [0.1, 0.15) is 18.0 Å². The molecule has 3 aromatic carbocycles. The van der Waals surface area contributed by atoms with Crippen LogP contribution in [0, 0.1) is 0 Å². The van der Waals surface area contributed by atoms with E-state index in [1.165, 1.54) is 5.56 Å². The molecule has 0 fully saturated rings. The van der Waals surface area contributed by atoms with Crippen LogP contribution in [-0.4, -0.2) is 12.0 Å². The Balaban J connectivity index is 1.63. The summed E-state index contributed by atoms with van der Waals surface area (Å²) in [5, 5.41) is 3.56. The zero-order valence-corrected chi connectivity index (χ0v) is 15.1. The first-order chi connectivity index (χ1) is 13.2. The smallest absolute Gasteiger partial charge is 0.262 e. The van der Waals surface area contributed by atoms with Gasteiger partial charge >= 0.3 is 0 Å². The highest BCUT2D eigenvalue weighted by atomic mass is 16.5. The van der Waals surface area contributed by atoms with Gasteiger partial charge in [-0.3, -0.25) is 9.69 Å². The lowest BCUT2D eigenvalue weighted by molar-refractivity contribution is 0.0975. The van der Waals surface area contributed by atoms with Gasteiger partial charge in [0.25, 0.3) is 5.91 Å². The summed E-state index contributed by atoms with van der Waals surface area (Å²) < 4.78 is 5.84. The van der Waals surface area contributed by atoms with E-state index in [4.69, 9.17) is 4.74 Å². The fraction of sp³-hybridized carbons (Fsp3) is 0.174. The lowest BCUT2D eigenvalue weighted by atomic mass is 10.00. The van der Waals surface area contributed by atoms with Crippen LogP contribution < -0.4 is 15.0 Å². The SMILES string of the molecule is C[C@@H]1Cc2cc([C@H]3Nc4ccccc4C(=O)N3c3ccccc3)ccc2O1. The summed E-state index contributed by atoms with van der Waals surface area (Å²) in [6, 6.07) is 23.7. The van der Waals surface area contributed by atoms with Gasteiger partial charge in [0, 0.05) is 17.8 Å².